The molecule has 7 heterocycles. The smallest absolute Gasteiger partial charge is 0.417 e. The molecule has 3 unspecified atom stereocenters. The number of ether oxygens (including phenoxy) is 5. The monoisotopic (exact) mass is 1990 g/mol. The van der Waals surface area contributed by atoms with Crippen LogP contribution in [0.15, 0.2) is 231 Å². The van der Waals surface area contributed by atoms with Gasteiger partial charge in [0.15, 0.2) is 0 Å². The maximum atomic E-state index is 16.1. The predicted octanol–water partition coefficient (Wildman–Crippen LogP) is 25.6. The van der Waals surface area contributed by atoms with Gasteiger partial charge in [0.05, 0.1) is 29.3 Å². The number of hydrogen-bond donors (Lipinski definition) is 1. The Morgan fingerprint density at radius 1 is 0.432 bits per heavy atom. The molecule has 4 saturated carbocycles. The zero-order chi connectivity index (χ0) is 102. The van der Waals surface area contributed by atoms with Gasteiger partial charge in [-0.25, -0.2) is 46.3 Å². The summed E-state index contributed by atoms with van der Waals surface area (Å²) in [6.07, 6.45) is 2.35. The summed E-state index contributed by atoms with van der Waals surface area (Å²) in [6, 6.07) is 55.0. The molecule has 0 amide bonds. The SMILES string of the molecule is CC(=O)[C@H]1[C@@H]2Cc3cc(OCc4cc5c(-c6ccccc6C(F)(F)F)cn(-c6ccccc6)c5cc4F)ncc3[C@@H]21.CC(=O)[C@H]1[C@@H]2Cc3cc(OCc4cc5c(cc4F)C(F)(F)CC5c4ccccc4C(F)(F)F)ncc3[C@@H]21.CC(=O)[C@H]1[C@@H]2Cc3cc(OCc4cc5c(cc4F)CCOC5c4ccccc4C)ncc3[C@@H]21.CC(=O)[C@H]1[C@@H]2Cc3cc(OCc4ccc5c(c4F)C(c4ccccc4C)NCC5(C)C)ncc3[C@@H]21. The zero-order valence-electron chi connectivity index (χ0n) is 81.0. The molecule has 15 atom stereocenters. The molecule has 25 rings (SSSR count). The number of fused-ring (bicyclic) bond motifs is 16. The average Bonchev–Trinajstić information content (AvgIpc) is 1.52. The van der Waals surface area contributed by atoms with Crippen LogP contribution < -0.4 is 24.3 Å². The summed E-state index contributed by atoms with van der Waals surface area (Å²) >= 11 is 0. The van der Waals surface area contributed by atoms with Gasteiger partial charge in [0, 0.05) is 153 Å². The Kier molecular flexibility index (Phi) is 24.7. The fourth-order valence-electron chi connectivity index (χ4n) is 24.9. The van der Waals surface area contributed by atoms with Crippen LogP contribution in [0, 0.1) is 84.5 Å². The lowest BCUT2D eigenvalue weighted by molar-refractivity contribution is -0.138. The summed E-state index contributed by atoms with van der Waals surface area (Å²) in [7, 11) is 0. The van der Waals surface area contributed by atoms with Gasteiger partial charge in [-0.2, -0.15) is 26.3 Å². The van der Waals surface area contributed by atoms with Gasteiger partial charge < -0.3 is 33.6 Å². The number of hydrogen-bond acceptors (Lipinski definition) is 14. The molecule has 9 aromatic carbocycles. The number of carbonyl (C=O) groups excluding carboxylic acids is 4. The van der Waals surface area contributed by atoms with Crippen LogP contribution in [0.3, 0.4) is 0 Å². The summed E-state index contributed by atoms with van der Waals surface area (Å²) < 4.78 is 205. The number of aryl methyl sites for hydroxylation is 2. The normalized spacial score (nSPS) is 23.3. The number of benzene rings is 9. The Labute approximate surface area is 834 Å². The first-order valence-electron chi connectivity index (χ1n) is 49.4. The molecule has 15 nitrogen and oxygen atoms in total. The number of Topliss-reactive ketones (excluding diaryl/α,β-unsaturated/α-hetero) is 4. The van der Waals surface area contributed by atoms with E-state index in [4.69, 9.17) is 23.7 Å². The highest BCUT2D eigenvalue weighted by Gasteiger charge is 2.62. The van der Waals surface area contributed by atoms with Crippen molar-refractivity contribution in [1.82, 2.24) is 29.8 Å². The summed E-state index contributed by atoms with van der Waals surface area (Å²) in [5.74, 6) is -1.19. The van der Waals surface area contributed by atoms with Gasteiger partial charge in [-0.3, -0.25) is 19.2 Å². The molecule has 1 N–H and O–H groups in total. The van der Waals surface area contributed by atoms with Crippen molar-refractivity contribution in [3.05, 3.63) is 394 Å². The quantitative estimate of drug-likeness (QED) is 0.0671. The third-order valence-corrected chi connectivity index (χ3v) is 32.2. The molecule has 9 aliphatic carbocycles. The molecule has 0 saturated heterocycles. The number of nitrogens with zero attached hydrogens (tertiary/aromatic N) is 5. The van der Waals surface area contributed by atoms with Gasteiger partial charge in [0.25, 0.3) is 5.92 Å². The molecular weight excluding hydrogens is 1890 g/mol. The molecule has 0 spiro atoms. The molecule has 5 aromatic heterocycles. The van der Waals surface area contributed by atoms with E-state index in [-0.39, 0.29) is 154 Å². The Morgan fingerprint density at radius 3 is 1.34 bits per heavy atom. The molecule has 27 heteroatoms. The van der Waals surface area contributed by atoms with E-state index in [0.717, 1.165) is 106 Å². The van der Waals surface area contributed by atoms with Gasteiger partial charge >= 0.3 is 12.4 Å². The Balaban J connectivity index is 0.000000111. The number of carbonyl (C=O) groups is 4. The highest BCUT2D eigenvalue weighted by Crippen LogP contribution is 2.66. The van der Waals surface area contributed by atoms with Crippen molar-refractivity contribution in [1.29, 1.82) is 0 Å². The second kappa shape index (κ2) is 37.2. The third kappa shape index (κ3) is 17.9. The van der Waals surface area contributed by atoms with E-state index in [2.05, 4.69) is 83.3 Å². The molecule has 4 fully saturated rings. The van der Waals surface area contributed by atoms with Crippen molar-refractivity contribution in [2.75, 3.05) is 13.2 Å². The van der Waals surface area contributed by atoms with Gasteiger partial charge in [0.1, 0.15) is 78.9 Å². The highest BCUT2D eigenvalue weighted by molar-refractivity contribution is 5.99. The lowest BCUT2D eigenvalue weighted by Gasteiger charge is -2.39. The van der Waals surface area contributed by atoms with Gasteiger partial charge in [-0.1, -0.05) is 129 Å². The maximum absolute atomic E-state index is 16.1. The van der Waals surface area contributed by atoms with Crippen molar-refractivity contribution in [3.63, 3.8) is 0 Å². The van der Waals surface area contributed by atoms with E-state index in [9.17, 15) is 63.1 Å². The summed E-state index contributed by atoms with van der Waals surface area (Å²) in [4.78, 5) is 64.6. The fourth-order valence-corrected chi connectivity index (χ4v) is 24.9. The Hall–Kier alpha value is -13.9. The first-order valence-corrected chi connectivity index (χ1v) is 49.4. The molecule has 14 aromatic rings. The summed E-state index contributed by atoms with van der Waals surface area (Å²) in [5, 5.41) is 4.07. The van der Waals surface area contributed by atoms with Crippen molar-refractivity contribution >= 4 is 34.0 Å². The lowest BCUT2D eigenvalue weighted by Crippen LogP contribution is -2.43. The number of alkyl halides is 8. The number of ketones is 4. The van der Waals surface area contributed by atoms with Crippen LogP contribution in [0.5, 0.6) is 23.5 Å². The summed E-state index contributed by atoms with van der Waals surface area (Å²) in [5.41, 5.74) is 17.1. The van der Waals surface area contributed by atoms with Crippen LogP contribution in [0.2, 0.25) is 0 Å². The first kappa shape index (κ1) is 96.8. The number of pyridine rings is 4. The Bertz CT molecular complexity index is 7650. The van der Waals surface area contributed by atoms with E-state index < -0.39 is 58.9 Å². The minimum absolute atomic E-state index is 0.0147. The van der Waals surface area contributed by atoms with Gasteiger partial charge in [-0.05, 0) is 282 Å². The second-order valence-corrected chi connectivity index (χ2v) is 41.5. The molecule has 746 valence electrons. The average molecular weight is 1990 g/mol. The van der Waals surface area contributed by atoms with Crippen LogP contribution in [0.25, 0.3) is 27.7 Å². The van der Waals surface area contributed by atoms with Crippen molar-refractivity contribution < 1.29 is 95.5 Å². The second-order valence-electron chi connectivity index (χ2n) is 41.5. The topological polar surface area (TPSA) is 183 Å². The largest absolute Gasteiger partial charge is 0.473 e. The van der Waals surface area contributed by atoms with Crippen LogP contribution in [0.4, 0.5) is 52.7 Å². The minimum Gasteiger partial charge on any atom is -0.473 e. The first-order chi connectivity index (χ1) is 69.9. The molecule has 0 bridgehead atoms. The lowest BCUT2D eigenvalue weighted by atomic mass is 9.74. The predicted molar refractivity (Wildman–Crippen MR) is 522 cm³/mol. The molecule has 146 heavy (non-hydrogen) atoms. The number of rotatable bonds is 21. The number of halogens is 12. The number of para-hydroxylation sites is 1. The Morgan fingerprint density at radius 2 is 0.856 bits per heavy atom. The molecule has 2 aliphatic heterocycles. The van der Waals surface area contributed by atoms with Gasteiger partial charge in [0.2, 0.25) is 23.5 Å². The molecule has 11 aliphatic rings. The number of aromatic nitrogens is 5. The van der Waals surface area contributed by atoms with E-state index in [1.165, 1.54) is 64.7 Å². The fraction of sp³-hybridized carbons (Fsp3) is 0.328. The van der Waals surface area contributed by atoms with E-state index >= 15 is 8.78 Å². The van der Waals surface area contributed by atoms with Crippen LogP contribution >= 0.6 is 0 Å². The van der Waals surface area contributed by atoms with E-state index in [1.807, 2.05) is 97.3 Å². The molecule has 0 radical (unpaired) electrons. The van der Waals surface area contributed by atoms with Crippen molar-refractivity contribution in [2.24, 2.45) is 47.3 Å². The highest BCUT2D eigenvalue weighted by atomic mass is 19.4. The van der Waals surface area contributed by atoms with Crippen molar-refractivity contribution in [3.8, 4) is 40.3 Å². The van der Waals surface area contributed by atoms with Crippen LogP contribution in [-0.2, 0) is 106 Å². The van der Waals surface area contributed by atoms with Crippen LogP contribution in [0.1, 0.15) is 229 Å². The van der Waals surface area contributed by atoms with Crippen molar-refractivity contribution in [2.45, 2.75) is 186 Å². The standard InChI is InChI=1S/C33H24F4N2O2.C30H31FN2O2.C28H21F6NO2.C28H26FNO3/c1-18(40)31-24-11-19-13-30(38-15-25(19)32(24)31)41-17-20-12-23-26(22-9-5-6-10-27(22)33(35,36)37)16-39(29(23)14-28(20)34)21-7-3-2-4-8-21;1-16-7-5-6-8-20(16)29-27-23(30(3,4)15-33-29)10-9-18(28(27)31)14-35-24-12-19-11-21-25(17(2)34)26(21)22(19)13-32-24;1-13(36)25-18-6-14-8-24(35-11-20(14)26(18)25)37-12-15-7-17-19(10-27(30,31)22(17)9-23(15)29)16-4-2-3-5-21(16)28(32,33)34;1-15-5-3-4-6-20(15)28-21-10-19(24(29)11-17(21)7-8-32-28)14-33-25-12-18-9-22-26(16(2)31)27(22)23(18)13-30-25/h2-10,12-16,24,31-32H,11,17H2,1H3;5-10,12-13,21,25-26,29,33H,11,14-15H2,1-4H3;2-5,7-9,11,18-19,25-26H,6,10,12H2,1H3;3-6,10-13,22,26-28H,7-9,14H2,1-2H3/t24-,31-,32+;21-,25-,26+,29?;18-,19?,25-,26+;22-,26-,27+,28?/m0000/s1. The minimum atomic E-state index is -4.72. The maximum Gasteiger partial charge on any atom is 0.417 e. The summed E-state index contributed by atoms with van der Waals surface area (Å²) in [6.45, 7) is 16.1. The van der Waals surface area contributed by atoms with Crippen LogP contribution in [-0.4, -0.2) is 60.8 Å². The van der Waals surface area contributed by atoms with E-state index in [1.54, 1.807) is 75.1 Å². The number of nitrogens with one attached hydrogen (secondary N) is 1. The van der Waals surface area contributed by atoms with Gasteiger partial charge in [-0.15, -0.1) is 0 Å². The van der Waals surface area contributed by atoms with E-state index in [0.29, 0.717) is 105 Å². The third-order valence-electron chi connectivity index (χ3n) is 32.2. The zero-order valence-corrected chi connectivity index (χ0v) is 81.0. The molecular formula is C119H102F12N6O9.